The highest BCUT2D eigenvalue weighted by Gasteiger charge is 2.38. The Morgan fingerprint density at radius 1 is 0.923 bits per heavy atom. The molecule has 0 spiro atoms. The van der Waals surface area contributed by atoms with Gasteiger partial charge in [-0.2, -0.15) is 0 Å². The maximum absolute atomic E-state index is 3.88. The summed E-state index contributed by atoms with van der Waals surface area (Å²) in [6.45, 7) is 4.64. The zero-order valence-corrected chi connectivity index (χ0v) is 16.4. The Balaban J connectivity index is 1.43. The SMILES string of the molecule is Cc1ccc(C(C)NC2CC2c2ccccc2)cc1C1CCCCCC1. The zero-order valence-electron chi connectivity index (χ0n) is 16.4. The van der Waals surface area contributed by atoms with E-state index in [1.54, 1.807) is 5.56 Å². The molecule has 1 N–H and O–H groups in total. The molecule has 138 valence electrons. The Morgan fingerprint density at radius 3 is 2.38 bits per heavy atom. The van der Waals surface area contributed by atoms with Crippen LogP contribution in [0.2, 0.25) is 0 Å². The van der Waals surface area contributed by atoms with Gasteiger partial charge in [-0.1, -0.05) is 74.2 Å². The second kappa shape index (κ2) is 7.96. The van der Waals surface area contributed by atoms with Crippen LogP contribution in [0.25, 0.3) is 0 Å². The van der Waals surface area contributed by atoms with Gasteiger partial charge in [0.25, 0.3) is 0 Å². The Morgan fingerprint density at radius 2 is 1.65 bits per heavy atom. The number of rotatable bonds is 5. The van der Waals surface area contributed by atoms with Crippen molar-refractivity contribution in [3.8, 4) is 0 Å². The highest BCUT2D eigenvalue weighted by molar-refractivity contribution is 5.36. The zero-order chi connectivity index (χ0) is 17.9. The van der Waals surface area contributed by atoms with Gasteiger partial charge in [-0.05, 0) is 61.3 Å². The van der Waals surface area contributed by atoms with Crippen molar-refractivity contribution in [3.05, 3.63) is 70.8 Å². The number of aryl methyl sites for hydroxylation is 1. The second-order valence-electron chi connectivity index (χ2n) is 8.55. The third-order valence-electron chi connectivity index (χ3n) is 6.58. The fourth-order valence-electron chi connectivity index (χ4n) is 4.82. The first-order valence-electron chi connectivity index (χ1n) is 10.6. The van der Waals surface area contributed by atoms with Gasteiger partial charge in [0, 0.05) is 18.0 Å². The van der Waals surface area contributed by atoms with Crippen LogP contribution >= 0.6 is 0 Å². The standard InChI is InChI=1S/C25H33N/c1-18-14-15-22(16-23(18)20-10-6-3-4-7-11-20)19(2)26-25-17-24(25)21-12-8-5-9-13-21/h5,8-9,12-16,19-20,24-26H,3-4,6-7,10-11,17H2,1-2H3. The fourth-order valence-corrected chi connectivity index (χ4v) is 4.82. The van der Waals surface area contributed by atoms with E-state index >= 15 is 0 Å². The Hall–Kier alpha value is -1.60. The van der Waals surface area contributed by atoms with Gasteiger partial charge in [-0.25, -0.2) is 0 Å². The summed E-state index contributed by atoms with van der Waals surface area (Å²) in [5, 5.41) is 3.88. The largest absolute Gasteiger partial charge is 0.307 e. The van der Waals surface area contributed by atoms with Gasteiger partial charge in [0.2, 0.25) is 0 Å². The van der Waals surface area contributed by atoms with Crippen LogP contribution in [0.5, 0.6) is 0 Å². The number of nitrogens with one attached hydrogen (secondary N) is 1. The van der Waals surface area contributed by atoms with Crippen molar-refractivity contribution in [2.24, 2.45) is 0 Å². The summed E-state index contributed by atoms with van der Waals surface area (Å²) in [4.78, 5) is 0. The summed E-state index contributed by atoms with van der Waals surface area (Å²) >= 11 is 0. The normalized spacial score (nSPS) is 24.8. The summed E-state index contributed by atoms with van der Waals surface area (Å²) in [5.41, 5.74) is 6.06. The Kier molecular flexibility index (Phi) is 5.45. The first-order valence-corrected chi connectivity index (χ1v) is 10.6. The molecule has 4 rings (SSSR count). The lowest BCUT2D eigenvalue weighted by molar-refractivity contribution is 0.556. The van der Waals surface area contributed by atoms with Crippen molar-refractivity contribution in [3.63, 3.8) is 0 Å². The van der Waals surface area contributed by atoms with Gasteiger partial charge in [0.05, 0.1) is 0 Å². The van der Waals surface area contributed by atoms with E-state index in [-0.39, 0.29) is 0 Å². The summed E-state index contributed by atoms with van der Waals surface area (Å²) in [6, 6.07) is 19.2. The Bertz CT molecular complexity index is 712. The van der Waals surface area contributed by atoms with Crippen LogP contribution in [0, 0.1) is 6.92 Å². The van der Waals surface area contributed by atoms with Crippen molar-refractivity contribution >= 4 is 0 Å². The maximum atomic E-state index is 3.88. The van der Waals surface area contributed by atoms with E-state index in [1.165, 1.54) is 61.6 Å². The highest BCUT2D eigenvalue weighted by atomic mass is 15.0. The van der Waals surface area contributed by atoms with E-state index in [9.17, 15) is 0 Å². The van der Waals surface area contributed by atoms with Gasteiger partial charge in [-0.15, -0.1) is 0 Å². The average molecular weight is 348 g/mol. The third kappa shape index (κ3) is 4.04. The summed E-state index contributed by atoms with van der Waals surface area (Å²) in [5.74, 6) is 1.48. The summed E-state index contributed by atoms with van der Waals surface area (Å²) in [7, 11) is 0. The lowest BCUT2D eigenvalue weighted by Gasteiger charge is -2.21. The molecule has 26 heavy (non-hydrogen) atoms. The smallest absolute Gasteiger partial charge is 0.0294 e. The first-order chi connectivity index (χ1) is 12.7. The molecule has 2 fully saturated rings. The minimum Gasteiger partial charge on any atom is -0.307 e. The molecule has 1 nitrogen and oxygen atoms in total. The van der Waals surface area contributed by atoms with Crippen LogP contribution in [0.3, 0.4) is 0 Å². The van der Waals surface area contributed by atoms with Gasteiger partial charge in [0.1, 0.15) is 0 Å². The third-order valence-corrected chi connectivity index (χ3v) is 6.58. The molecule has 0 amide bonds. The van der Waals surface area contributed by atoms with Gasteiger partial charge in [0.15, 0.2) is 0 Å². The monoisotopic (exact) mass is 347 g/mol. The quantitative estimate of drug-likeness (QED) is 0.598. The van der Waals surface area contributed by atoms with Crippen LogP contribution in [0.1, 0.15) is 92.0 Å². The molecule has 0 radical (unpaired) electrons. The highest BCUT2D eigenvalue weighted by Crippen LogP contribution is 2.42. The topological polar surface area (TPSA) is 12.0 Å². The predicted octanol–water partition coefficient (Wildman–Crippen LogP) is 6.64. The molecular formula is C25H33N. The van der Waals surface area contributed by atoms with Gasteiger partial charge in [-0.3, -0.25) is 0 Å². The molecule has 2 saturated carbocycles. The summed E-state index contributed by atoms with van der Waals surface area (Å²) in [6.07, 6.45) is 9.70. The molecule has 3 atom stereocenters. The Labute approximate surface area is 159 Å². The molecule has 3 unspecified atom stereocenters. The van der Waals surface area contributed by atoms with Gasteiger partial charge >= 0.3 is 0 Å². The summed E-state index contributed by atoms with van der Waals surface area (Å²) < 4.78 is 0. The predicted molar refractivity (Wildman–Crippen MR) is 111 cm³/mol. The van der Waals surface area contributed by atoms with Crippen molar-refractivity contribution in [1.82, 2.24) is 5.32 Å². The van der Waals surface area contributed by atoms with Crippen LogP contribution in [-0.4, -0.2) is 6.04 Å². The van der Waals surface area contributed by atoms with E-state index in [2.05, 4.69) is 67.7 Å². The van der Waals surface area contributed by atoms with Crippen molar-refractivity contribution in [2.45, 2.75) is 82.7 Å². The van der Waals surface area contributed by atoms with Crippen LogP contribution in [0.4, 0.5) is 0 Å². The molecule has 2 aliphatic rings. The minimum absolute atomic E-state index is 0.429. The minimum atomic E-state index is 0.429. The lowest BCUT2D eigenvalue weighted by Crippen LogP contribution is -2.22. The molecule has 0 saturated heterocycles. The molecule has 0 bridgehead atoms. The lowest BCUT2D eigenvalue weighted by atomic mass is 9.87. The van der Waals surface area contributed by atoms with Crippen LogP contribution in [-0.2, 0) is 0 Å². The average Bonchev–Trinajstić information content (AvgIpc) is 3.46. The van der Waals surface area contributed by atoms with E-state index < -0.39 is 0 Å². The number of hydrogen-bond acceptors (Lipinski definition) is 1. The van der Waals surface area contributed by atoms with Crippen molar-refractivity contribution in [2.75, 3.05) is 0 Å². The molecule has 2 aromatic carbocycles. The maximum Gasteiger partial charge on any atom is 0.0294 e. The van der Waals surface area contributed by atoms with Crippen LogP contribution < -0.4 is 5.32 Å². The van der Waals surface area contributed by atoms with Crippen LogP contribution in [0.15, 0.2) is 48.5 Å². The number of hydrogen-bond donors (Lipinski definition) is 1. The fraction of sp³-hybridized carbons (Fsp3) is 0.520. The van der Waals surface area contributed by atoms with Crippen molar-refractivity contribution < 1.29 is 0 Å². The number of benzene rings is 2. The molecule has 2 aliphatic carbocycles. The molecule has 0 aliphatic heterocycles. The van der Waals surface area contributed by atoms with Gasteiger partial charge < -0.3 is 5.32 Å². The van der Waals surface area contributed by atoms with Crippen molar-refractivity contribution in [1.29, 1.82) is 0 Å². The molecule has 2 aromatic rings. The van der Waals surface area contributed by atoms with E-state index in [0.717, 1.165) is 5.92 Å². The first kappa shape index (κ1) is 17.8. The molecular weight excluding hydrogens is 314 g/mol. The van der Waals surface area contributed by atoms with E-state index in [1.807, 2.05) is 0 Å². The second-order valence-corrected chi connectivity index (χ2v) is 8.55. The molecule has 0 heterocycles. The van der Waals surface area contributed by atoms with E-state index in [4.69, 9.17) is 0 Å². The van der Waals surface area contributed by atoms with E-state index in [0.29, 0.717) is 18.0 Å². The molecule has 0 aromatic heterocycles. The molecule has 1 heteroatoms.